The molecule has 0 rings (SSSR count). The van der Waals surface area contributed by atoms with Crippen LogP contribution in [0.15, 0.2) is 12.2 Å². The monoisotopic (exact) mass is 136 g/mol. The van der Waals surface area contributed by atoms with Crippen molar-refractivity contribution < 1.29 is 13.9 Å². The molecule has 0 saturated heterocycles. The molecule has 0 radical (unpaired) electrons. The van der Waals surface area contributed by atoms with Gasteiger partial charge < -0.3 is 5.11 Å². The highest BCUT2D eigenvalue weighted by Gasteiger charge is 2.32. The Kier molecular flexibility index (Phi) is 2.32. The Hall–Kier alpha value is -0.440. The normalized spacial score (nSPS) is 15.2. The Morgan fingerprint density at radius 1 is 1.67 bits per heavy atom. The summed E-state index contributed by atoms with van der Waals surface area (Å²) in [6.45, 7) is 5.21. The summed E-state index contributed by atoms with van der Waals surface area (Å²) in [6.07, 6.45) is -1.71. The van der Waals surface area contributed by atoms with Gasteiger partial charge in [0.05, 0.1) is 0 Å². The third-order valence-electron chi connectivity index (χ3n) is 0.947. The van der Waals surface area contributed by atoms with Crippen LogP contribution in [0, 0.1) is 0 Å². The molecule has 1 nitrogen and oxygen atoms in total. The largest absolute Gasteiger partial charge is 0.382 e. The SMILES string of the molecule is C=C(C)C(O)C(C)(F)F. The lowest BCUT2D eigenvalue weighted by molar-refractivity contribution is -0.0750. The summed E-state index contributed by atoms with van der Waals surface area (Å²) in [5.74, 6) is -3.06. The van der Waals surface area contributed by atoms with Crippen LogP contribution in [-0.4, -0.2) is 17.1 Å². The molecular formula is C6H10F2O. The standard InChI is InChI=1S/C6H10F2O/c1-4(2)5(9)6(3,7)8/h5,9H,1H2,2-3H3. The average molecular weight is 136 g/mol. The van der Waals surface area contributed by atoms with E-state index in [4.69, 9.17) is 5.11 Å². The molecule has 0 saturated carbocycles. The third kappa shape index (κ3) is 2.56. The topological polar surface area (TPSA) is 20.2 Å². The summed E-state index contributed by atoms with van der Waals surface area (Å²) in [5.41, 5.74) is 0.0856. The van der Waals surface area contributed by atoms with Gasteiger partial charge in [-0.15, -0.1) is 0 Å². The minimum atomic E-state index is -3.06. The molecule has 1 unspecified atom stereocenters. The molecule has 0 fully saturated rings. The first-order valence-corrected chi connectivity index (χ1v) is 2.57. The molecule has 1 N–H and O–H groups in total. The van der Waals surface area contributed by atoms with E-state index in [0.717, 1.165) is 0 Å². The smallest absolute Gasteiger partial charge is 0.274 e. The molecule has 9 heavy (non-hydrogen) atoms. The number of hydrogen-bond acceptors (Lipinski definition) is 1. The van der Waals surface area contributed by atoms with E-state index in [1.165, 1.54) is 6.92 Å². The third-order valence-corrected chi connectivity index (χ3v) is 0.947. The number of alkyl halides is 2. The van der Waals surface area contributed by atoms with Crippen LogP contribution < -0.4 is 0 Å². The molecule has 0 bridgehead atoms. The van der Waals surface area contributed by atoms with Crippen LogP contribution in [0.25, 0.3) is 0 Å². The lowest BCUT2D eigenvalue weighted by Crippen LogP contribution is -2.30. The van der Waals surface area contributed by atoms with Crippen LogP contribution in [0.5, 0.6) is 0 Å². The van der Waals surface area contributed by atoms with Crippen molar-refractivity contribution in [2.45, 2.75) is 25.9 Å². The molecule has 54 valence electrons. The van der Waals surface area contributed by atoms with Gasteiger partial charge in [0.25, 0.3) is 5.92 Å². The van der Waals surface area contributed by atoms with Crippen LogP contribution in [0.4, 0.5) is 8.78 Å². The Labute approximate surface area is 53.0 Å². The molecule has 0 aromatic carbocycles. The Morgan fingerprint density at radius 2 is 2.00 bits per heavy atom. The fourth-order valence-corrected chi connectivity index (χ4v) is 0.433. The van der Waals surface area contributed by atoms with Crippen molar-refractivity contribution in [3.8, 4) is 0 Å². The zero-order chi connectivity index (χ0) is 7.65. The molecule has 0 aliphatic carbocycles. The van der Waals surface area contributed by atoms with Crippen molar-refractivity contribution >= 4 is 0 Å². The minimum Gasteiger partial charge on any atom is -0.382 e. The van der Waals surface area contributed by atoms with Crippen LogP contribution >= 0.6 is 0 Å². The first-order valence-electron chi connectivity index (χ1n) is 2.57. The van der Waals surface area contributed by atoms with Crippen molar-refractivity contribution in [2.75, 3.05) is 0 Å². The lowest BCUT2D eigenvalue weighted by atomic mass is 10.1. The predicted molar refractivity (Wildman–Crippen MR) is 31.4 cm³/mol. The predicted octanol–water partition coefficient (Wildman–Crippen LogP) is 1.58. The molecule has 0 aliphatic rings. The summed E-state index contributed by atoms with van der Waals surface area (Å²) in [6, 6.07) is 0. The second kappa shape index (κ2) is 2.43. The van der Waals surface area contributed by atoms with Crippen LogP contribution in [0.3, 0.4) is 0 Å². The maximum Gasteiger partial charge on any atom is 0.274 e. The summed E-state index contributed by atoms with van der Waals surface area (Å²) in [5, 5.41) is 8.61. The van der Waals surface area contributed by atoms with Crippen molar-refractivity contribution in [2.24, 2.45) is 0 Å². The second-order valence-corrected chi connectivity index (χ2v) is 2.21. The molecule has 0 aromatic rings. The quantitative estimate of drug-likeness (QED) is 0.571. The number of hydrogen-bond donors (Lipinski definition) is 1. The fraction of sp³-hybridized carbons (Fsp3) is 0.667. The van der Waals surface area contributed by atoms with Gasteiger partial charge in [-0.25, -0.2) is 8.78 Å². The van der Waals surface area contributed by atoms with Crippen molar-refractivity contribution in [1.82, 2.24) is 0 Å². The van der Waals surface area contributed by atoms with E-state index in [-0.39, 0.29) is 5.57 Å². The number of halogens is 2. The van der Waals surface area contributed by atoms with Gasteiger partial charge in [-0.3, -0.25) is 0 Å². The molecule has 0 aromatic heterocycles. The zero-order valence-corrected chi connectivity index (χ0v) is 5.49. The molecule has 1 atom stereocenters. The second-order valence-electron chi connectivity index (χ2n) is 2.21. The van der Waals surface area contributed by atoms with Gasteiger partial charge in [0.2, 0.25) is 0 Å². The van der Waals surface area contributed by atoms with E-state index in [1.54, 1.807) is 0 Å². The van der Waals surface area contributed by atoms with Gasteiger partial charge in [0.15, 0.2) is 0 Å². The molecular weight excluding hydrogens is 126 g/mol. The molecule has 0 heterocycles. The highest BCUT2D eigenvalue weighted by atomic mass is 19.3. The van der Waals surface area contributed by atoms with E-state index in [0.29, 0.717) is 6.92 Å². The Bertz CT molecular complexity index is 115. The maximum atomic E-state index is 12.1. The van der Waals surface area contributed by atoms with Crippen molar-refractivity contribution in [3.05, 3.63) is 12.2 Å². The van der Waals surface area contributed by atoms with Gasteiger partial charge >= 0.3 is 0 Å². The van der Waals surface area contributed by atoms with Gasteiger partial charge in [-0.05, 0) is 12.5 Å². The van der Waals surface area contributed by atoms with Gasteiger partial charge in [0, 0.05) is 6.92 Å². The molecule has 0 spiro atoms. The van der Waals surface area contributed by atoms with Gasteiger partial charge in [-0.2, -0.15) is 0 Å². The number of aliphatic hydroxyl groups is 1. The van der Waals surface area contributed by atoms with E-state index in [9.17, 15) is 8.78 Å². The number of rotatable bonds is 2. The summed E-state index contributed by atoms with van der Waals surface area (Å²) in [7, 11) is 0. The fourth-order valence-electron chi connectivity index (χ4n) is 0.433. The summed E-state index contributed by atoms with van der Waals surface area (Å²) >= 11 is 0. The number of aliphatic hydroxyl groups excluding tert-OH is 1. The van der Waals surface area contributed by atoms with E-state index in [1.807, 2.05) is 0 Å². The lowest BCUT2D eigenvalue weighted by Gasteiger charge is -2.17. The van der Waals surface area contributed by atoms with Crippen LogP contribution in [0.2, 0.25) is 0 Å². The summed E-state index contributed by atoms with van der Waals surface area (Å²) in [4.78, 5) is 0. The summed E-state index contributed by atoms with van der Waals surface area (Å²) < 4.78 is 24.1. The van der Waals surface area contributed by atoms with Gasteiger partial charge in [0.1, 0.15) is 6.10 Å². The van der Waals surface area contributed by atoms with Crippen molar-refractivity contribution in [1.29, 1.82) is 0 Å². The van der Waals surface area contributed by atoms with Gasteiger partial charge in [-0.1, -0.05) is 6.58 Å². The molecule has 0 amide bonds. The van der Waals surface area contributed by atoms with Crippen LogP contribution in [0.1, 0.15) is 13.8 Å². The molecule has 0 aliphatic heterocycles. The Morgan fingerprint density at radius 3 is 2.00 bits per heavy atom. The molecule has 3 heteroatoms. The first kappa shape index (κ1) is 8.56. The Balaban J connectivity index is 4.04. The van der Waals surface area contributed by atoms with Crippen LogP contribution in [-0.2, 0) is 0 Å². The van der Waals surface area contributed by atoms with E-state index in [2.05, 4.69) is 6.58 Å². The van der Waals surface area contributed by atoms with E-state index < -0.39 is 12.0 Å². The van der Waals surface area contributed by atoms with E-state index >= 15 is 0 Å². The average Bonchev–Trinajstić information content (AvgIpc) is 1.62. The minimum absolute atomic E-state index is 0.0856. The maximum absolute atomic E-state index is 12.1. The van der Waals surface area contributed by atoms with Crippen molar-refractivity contribution in [3.63, 3.8) is 0 Å². The highest BCUT2D eigenvalue weighted by Crippen LogP contribution is 2.21. The highest BCUT2D eigenvalue weighted by molar-refractivity contribution is 5.01. The first-order chi connectivity index (χ1) is 3.85. The zero-order valence-electron chi connectivity index (χ0n) is 5.49.